The van der Waals surface area contributed by atoms with Crippen LogP contribution in [0.25, 0.3) is 0 Å². The Hall–Kier alpha value is -1.64. The molecule has 27 heavy (non-hydrogen) atoms. The van der Waals surface area contributed by atoms with Gasteiger partial charge in [-0.3, -0.25) is 4.99 Å². The lowest BCUT2D eigenvalue weighted by Crippen LogP contribution is -2.39. The van der Waals surface area contributed by atoms with Crippen LogP contribution in [0.5, 0.6) is 0 Å². The lowest BCUT2D eigenvalue weighted by atomic mass is 10.1. The summed E-state index contributed by atoms with van der Waals surface area (Å²) in [6.07, 6.45) is 0. The van der Waals surface area contributed by atoms with Crippen molar-refractivity contribution in [3.8, 4) is 0 Å². The Morgan fingerprint density at radius 1 is 1.19 bits per heavy atom. The summed E-state index contributed by atoms with van der Waals surface area (Å²) in [4.78, 5) is 6.12. The molecule has 4 nitrogen and oxygen atoms in total. The number of benzene rings is 2. The zero-order valence-electron chi connectivity index (χ0n) is 14.0. The van der Waals surface area contributed by atoms with Gasteiger partial charge < -0.3 is 4.90 Å². The topological polar surface area (TPSA) is 49.7 Å². The fourth-order valence-corrected chi connectivity index (χ4v) is 6.59. The van der Waals surface area contributed by atoms with Gasteiger partial charge in [-0.15, -0.1) is 0 Å². The second kappa shape index (κ2) is 7.07. The molecule has 2 aromatic rings. The van der Waals surface area contributed by atoms with Gasteiger partial charge in [-0.1, -0.05) is 41.6 Å². The minimum atomic E-state index is -3.24. The molecular formula is C18H15ClF2N2O2S2. The minimum absolute atomic E-state index is 0.0624. The Labute approximate surface area is 165 Å². The van der Waals surface area contributed by atoms with E-state index in [1.54, 1.807) is 11.0 Å². The van der Waals surface area contributed by atoms with E-state index in [1.807, 2.05) is 18.2 Å². The summed E-state index contributed by atoms with van der Waals surface area (Å²) in [6.45, 7) is 0. The Bertz CT molecular complexity index is 1030. The predicted octanol–water partition coefficient (Wildman–Crippen LogP) is 3.89. The molecule has 2 unspecified atom stereocenters. The zero-order chi connectivity index (χ0) is 19.2. The minimum Gasteiger partial charge on any atom is -0.312 e. The number of aliphatic imine (C=N–C) groups is 1. The second-order valence-electron chi connectivity index (χ2n) is 6.47. The van der Waals surface area contributed by atoms with Gasteiger partial charge in [-0.25, -0.2) is 17.2 Å². The molecule has 0 spiro atoms. The van der Waals surface area contributed by atoms with Crippen LogP contribution in [0.15, 0.2) is 47.5 Å². The smallest absolute Gasteiger partial charge is 0.164 e. The number of rotatable bonds is 3. The van der Waals surface area contributed by atoms with Gasteiger partial charge in [0.15, 0.2) is 15.0 Å². The fraction of sp³-hybridized carbons (Fsp3) is 0.278. The molecule has 142 valence electrons. The highest BCUT2D eigenvalue weighted by atomic mass is 35.5. The molecule has 0 aliphatic carbocycles. The van der Waals surface area contributed by atoms with Crippen LogP contribution in [-0.4, -0.2) is 37.2 Å². The molecule has 2 aromatic carbocycles. The Balaban J connectivity index is 1.66. The average molecular weight is 429 g/mol. The predicted molar refractivity (Wildman–Crippen MR) is 105 cm³/mol. The van der Waals surface area contributed by atoms with Gasteiger partial charge in [0.05, 0.1) is 29.3 Å². The maximum absolute atomic E-state index is 14.4. The molecule has 9 heteroatoms. The summed E-state index contributed by atoms with van der Waals surface area (Å²) in [5.74, 6) is -1.09. The van der Waals surface area contributed by atoms with Crippen molar-refractivity contribution in [3.05, 3.63) is 64.7 Å². The van der Waals surface area contributed by atoms with Crippen LogP contribution in [-0.2, 0) is 15.6 Å². The molecule has 4 rings (SSSR count). The van der Waals surface area contributed by atoms with Crippen molar-refractivity contribution in [3.63, 3.8) is 0 Å². The normalized spacial score (nSPS) is 23.4. The van der Waals surface area contributed by atoms with Gasteiger partial charge in [0.25, 0.3) is 0 Å². The van der Waals surface area contributed by atoms with Gasteiger partial charge in [0.1, 0.15) is 11.6 Å². The third kappa shape index (κ3) is 3.70. The number of sulfone groups is 1. The second-order valence-corrected chi connectivity index (χ2v) is 9.97. The van der Waals surface area contributed by atoms with Crippen LogP contribution in [0, 0.1) is 11.6 Å². The third-order valence-corrected chi connectivity index (χ3v) is 7.67. The fourth-order valence-electron chi connectivity index (χ4n) is 3.35. The number of amidine groups is 1. The molecule has 0 aromatic heterocycles. The van der Waals surface area contributed by atoms with E-state index >= 15 is 0 Å². The summed E-state index contributed by atoms with van der Waals surface area (Å²) in [5.41, 5.74) is 1.03. The maximum atomic E-state index is 14.4. The molecule has 0 amide bonds. The number of anilines is 1. The number of fused-ring (bicyclic) bond motifs is 1. The van der Waals surface area contributed by atoms with Crippen LogP contribution < -0.4 is 4.90 Å². The van der Waals surface area contributed by atoms with Crippen LogP contribution in [0.2, 0.25) is 5.02 Å². The van der Waals surface area contributed by atoms with Crippen LogP contribution in [0.1, 0.15) is 5.56 Å². The summed E-state index contributed by atoms with van der Waals surface area (Å²) < 4.78 is 51.8. The molecule has 1 fully saturated rings. The highest BCUT2D eigenvalue weighted by Crippen LogP contribution is 2.37. The SMILES string of the molecule is O=S1(=O)CC2N=C(SCc3ccccc3Cl)N(c3ccc(F)cc3F)C2C1. The van der Waals surface area contributed by atoms with Gasteiger partial charge in [0.2, 0.25) is 0 Å². The Morgan fingerprint density at radius 2 is 1.96 bits per heavy atom. The van der Waals surface area contributed by atoms with Gasteiger partial charge in [-0.05, 0) is 23.8 Å². The standard InChI is InChI=1S/C18H15ClF2N2O2S2/c19-13-4-2-1-3-11(13)8-26-18-22-15-9-27(24,25)10-17(15)23(18)16-6-5-12(20)7-14(16)21/h1-7,15,17H,8-10H2. The Kier molecular flexibility index (Phi) is 4.90. The highest BCUT2D eigenvalue weighted by Gasteiger charge is 2.47. The lowest BCUT2D eigenvalue weighted by Gasteiger charge is -2.27. The molecule has 2 aliphatic heterocycles. The first-order valence-corrected chi connectivity index (χ1v) is 11.4. The van der Waals surface area contributed by atoms with E-state index in [2.05, 4.69) is 4.99 Å². The summed E-state index contributed by atoms with van der Waals surface area (Å²) in [7, 11) is -3.24. The number of hydrogen-bond donors (Lipinski definition) is 0. The number of nitrogens with zero attached hydrogens (tertiary/aromatic N) is 2. The van der Waals surface area contributed by atoms with Crippen LogP contribution in [0.3, 0.4) is 0 Å². The van der Waals surface area contributed by atoms with Crippen molar-refractivity contribution < 1.29 is 17.2 Å². The molecular weight excluding hydrogens is 414 g/mol. The van der Waals surface area contributed by atoms with E-state index in [-0.39, 0.29) is 17.2 Å². The van der Waals surface area contributed by atoms with Crippen molar-refractivity contribution >= 4 is 44.1 Å². The van der Waals surface area contributed by atoms with Crippen molar-refractivity contribution in [2.45, 2.75) is 17.8 Å². The molecule has 1 saturated heterocycles. The van der Waals surface area contributed by atoms with E-state index in [0.717, 1.165) is 17.7 Å². The monoisotopic (exact) mass is 428 g/mol. The highest BCUT2D eigenvalue weighted by molar-refractivity contribution is 8.13. The molecule has 0 N–H and O–H groups in total. The molecule has 0 saturated carbocycles. The summed E-state index contributed by atoms with van der Waals surface area (Å²) in [5, 5.41) is 1.14. The van der Waals surface area contributed by atoms with Crippen molar-refractivity contribution in [2.24, 2.45) is 4.99 Å². The van der Waals surface area contributed by atoms with Gasteiger partial charge in [0, 0.05) is 16.8 Å². The Morgan fingerprint density at radius 3 is 2.70 bits per heavy atom. The van der Waals surface area contributed by atoms with Crippen molar-refractivity contribution in [1.29, 1.82) is 0 Å². The van der Waals surface area contributed by atoms with E-state index < -0.39 is 33.6 Å². The molecule has 2 aliphatic rings. The van der Waals surface area contributed by atoms with Crippen molar-refractivity contribution in [2.75, 3.05) is 16.4 Å². The maximum Gasteiger partial charge on any atom is 0.164 e. The molecule has 2 atom stereocenters. The lowest BCUT2D eigenvalue weighted by molar-refractivity contribution is 0.577. The molecule has 0 radical (unpaired) electrons. The van der Waals surface area contributed by atoms with E-state index in [9.17, 15) is 17.2 Å². The number of thioether (sulfide) groups is 1. The quantitative estimate of drug-likeness (QED) is 0.744. The van der Waals surface area contributed by atoms with Gasteiger partial charge >= 0.3 is 0 Å². The molecule has 0 bridgehead atoms. The van der Waals surface area contributed by atoms with E-state index in [1.165, 1.54) is 17.8 Å². The third-order valence-electron chi connectivity index (χ3n) is 4.59. The summed E-state index contributed by atoms with van der Waals surface area (Å²) >= 11 is 7.55. The largest absolute Gasteiger partial charge is 0.312 e. The van der Waals surface area contributed by atoms with Crippen LogP contribution in [0.4, 0.5) is 14.5 Å². The first-order chi connectivity index (χ1) is 12.8. The van der Waals surface area contributed by atoms with E-state index in [4.69, 9.17) is 11.6 Å². The zero-order valence-corrected chi connectivity index (χ0v) is 16.4. The number of halogens is 3. The summed E-state index contributed by atoms with van der Waals surface area (Å²) in [6, 6.07) is 9.72. The van der Waals surface area contributed by atoms with Gasteiger partial charge in [-0.2, -0.15) is 0 Å². The number of hydrogen-bond acceptors (Lipinski definition) is 5. The van der Waals surface area contributed by atoms with Crippen LogP contribution >= 0.6 is 23.4 Å². The van der Waals surface area contributed by atoms with E-state index in [0.29, 0.717) is 15.9 Å². The first-order valence-electron chi connectivity index (χ1n) is 8.23. The van der Waals surface area contributed by atoms with Crippen molar-refractivity contribution in [1.82, 2.24) is 0 Å². The molecule has 2 heterocycles. The first kappa shape index (κ1) is 18.7. The average Bonchev–Trinajstić information content (AvgIpc) is 3.06.